The summed E-state index contributed by atoms with van der Waals surface area (Å²) in [6.07, 6.45) is 12.0. The van der Waals surface area contributed by atoms with Gasteiger partial charge >= 0.3 is 4.87 Å². The first-order valence-corrected chi connectivity index (χ1v) is 15.2. The van der Waals surface area contributed by atoms with E-state index in [1.807, 2.05) is 6.07 Å². The first kappa shape index (κ1) is 34.4. The first-order chi connectivity index (χ1) is 18.6. The molecule has 0 spiro atoms. The number of hydrogen-bond donors (Lipinski definition) is 2. The van der Waals surface area contributed by atoms with E-state index in [4.69, 9.17) is 9.47 Å². The second kappa shape index (κ2) is 17.9. The highest BCUT2D eigenvalue weighted by atomic mass is 35.5. The maximum Gasteiger partial charge on any atom is 0.305 e. The Kier molecular flexibility index (Phi) is 15.4. The van der Waals surface area contributed by atoms with Crippen molar-refractivity contribution in [2.24, 2.45) is 0 Å². The highest BCUT2D eigenvalue weighted by Gasteiger charge is 2.27. The smallest absolute Gasteiger partial charge is 0.305 e. The number of H-pyrrole nitrogens is 1. The van der Waals surface area contributed by atoms with E-state index in [0.717, 1.165) is 54.1 Å². The Labute approximate surface area is 256 Å². The molecule has 224 valence electrons. The molecular formula is C31H47Cl2N3O3S. The van der Waals surface area contributed by atoms with Crippen LogP contribution in [0.5, 0.6) is 11.5 Å². The molecule has 2 aromatic carbocycles. The van der Waals surface area contributed by atoms with E-state index in [-0.39, 0.29) is 29.7 Å². The maximum absolute atomic E-state index is 11.5. The molecule has 4 rings (SSSR count). The number of ether oxygens (including phenoxy) is 2. The zero-order valence-corrected chi connectivity index (χ0v) is 26.7. The van der Waals surface area contributed by atoms with Gasteiger partial charge in [-0.05, 0) is 100 Å². The van der Waals surface area contributed by atoms with Gasteiger partial charge in [0.2, 0.25) is 0 Å². The van der Waals surface area contributed by atoms with Crippen LogP contribution in [0.15, 0.2) is 35.1 Å². The molecular weight excluding hydrogens is 565 g/mol. The molecule has 0 saturated heterocycles. The zero-order chi connectivity index (χ0) is 26.7. The van der Waals surface area contributed by atoms with Gasteiger partial charge < -0.3 is 24.7 Å². The minimum absolute atomic E-state index is 0. The number of hydrogen-bond acceptors (Lipinski definition) is 6. The minimum atomic E-state index is 0. The average Bonchev–Trinajstić information content (AvgIpc) is 3.31. The lowest BCUT2D eigenvalue weighted by atomic mass is 9.86. The molecule has 9 heteroatoms. The van der Waals surface area contributed by atoms with Crippen LogP contribution in [0.2, 0.25) is 0 Å². The summed E-state index contributed by atoms with van der Waals surface area (Å²) < 4.78 is 12.3. The Bertz CT molecular complexity index is 1220. The third-order valence-corrected chi connectivity index (χ3v) is 8.68. The molecule has 1 unspecified atom stereocenters. The van der Waals surface area contributed by atoms with E-state index in [9.17, 15) is 4.79 Å². The highest BCUT2D eigenvalue weighted by Crippen LogP contribution is 2.38. The van der Waals surface area contributed by atoms with Crippen molar-refractivity contribution in [2.75, 3.05) is 40.4 Å². The van der Waals surface area contributed by atoms with Crippen molar-refractivity contribution in [1.29, 1.82) is 0 Å². The Balaban J connectivity index is 0.00000280. The number of benzene rings is 2. The molecule has 0 fully saturated rings. The molecule has 1 aromatic heterocycles. The predicted molar refractivity (Wildman–Crippen MR) is 174 cm³/mol. The van der Waals surface area contributed by atoms with E-state index >= 15 is 0 Å². The Morgan fingerprint density at radius 2 is 1.80 bits per heavy atom. The monoisotopic (exact) mass is 611 g/mol. The highest BCUT2D eigenvalue weighted by molar-refractivity contribution is 7.16. The molecule has 0 amide bonds. The minimum Gasteiger partial charge on any atom is -0.493 e. The number of methoxy groups -OCH3 is 2. The third kappa shape index (κ3) is 9.38. The molecule has 1 aliphatic rings. The summed E-state index contributed by atoms with van der Waals surface area (Å²) in [5.74, 6) is 1.78. The molecule has 1 heterocycles. The number of nitrogens with zero attached hydrogens (tertiary/aromatic N) is 1. The summed E-state index contributed by atoms with van der Waals surface area (Å²) in [7, 11) is 3.47. The van der Waals surface area contributed by atoms with Gasteiger partial charge in [0.1, 0.15) is 0 Å². The fourth-order valence-electron chi connectivity index (χ4n) is 5.84. The SMILES string of the molecule is CCCN(CCCCCCCNCCc1ccc2[nH]c(=O)sc2c1)C1CCc2c(ccc(OC)c2OC)C1.Cl.Cl. The van der Waals surface area contributed by atoms with Crippen molar-refractivity contribution >= 4 is 46.4 Å². The van der Waals surface area contributed by atoms with Crippen molar-refractivity contribution in [2.45, 2.75) is 77.2 Å². The second-order valence-corrected chi connectivity index (χ2v) is 11.5. The number of nitrogens with one attached hydrogen (secondary N) is 2. The van der Waals surface area contributed by atoms with Crippen LogP contribution >= 0.6 is 36.2 Å². The first-order valence-electron chi connectivity index (χ1n) is 14.4. The lowest BCUT2D eigenvalue weighted by molar-refractivity contribution is 0.175. The topological polar surface area (TPSA) is 66.6 Å². The van der Waals surface area contributed by atoms with Crippen molar-refractivity contribution in [3.8, 4) is 11.5 Å². The van der Waals surface area contributed by atoms with Crippen LogP contribution in [-0.2, 0) is 19.3 Å². The zero-order valence-electron chi connectivity index (χ0n) is 24.3. The van der Waals surface area contributed by atoms with Gasteiger partial charge in [0, 0.05) is 11.6 Å². The van der Waals surface area contributed by atoms with Crippen molar-refractivity contribution < 1.29 is 9.47 Å². The van der Waals surface area contributed by atoms with Gasteiger partial charge in [0.25, 0.3) is 0 Å². The fourth-order valence-corrected chi connectivity index (χ4v) is 6.64. The number of aromatic nitrogens is 1. The molecule has 0 radical (unpaired) electrons. The number of unbranched alkanes of at least 4 members (excludes halogenated alkanes) is 4. The van der Waals surface area contributed by atoms with Crippen molar-refractivity contribution in [1.82, 2.24) is 15.2 Å². The third-order valence-electron chi connectivity index (χ3n) is 7.83. The van der Waals surface area contributed by atoms with Crippen molar-refractivity contribution in [3.05, 3.63) is 56.7 Å². The summed E-state index contributed by atoms with van der Waals surface area (Å²) in [6.45, 7) is 6.76. The molecule has 0 aliphatic heterocycles. The molecule has 0 saturated carbocycles. The quantitative estimate of drug-likeness (QED) is 0.174. The van der Waals surface area contributed by atoms with Gasteiger partial charge in [-0.3, -0.25) is 4.79 Å². The number of rotatable bonds is 16. The van der Waals surface area contributed by atoms with Gasteiger partial charge in [0.15, 0.2) is 11.5 Å². The van der Waals surface area contributed by atoms with Crippen LogP contribution in [-0.4, -0.2) is 56.3 Å². The van der Waals surface area contributed by atoms with Crippen molar-refractivity contribution in [3.63, 3.8) is 0 Å². The fraction of sp³-hybridized carbons (Fsp3) is 0.581. The van der Waals surface area contributed by atoms with E-state index in [2.05, 4.69) is 46.4 Å². The van der Waals surface area contributed by atoms with E-state index in [1.165, 1.54) is 86.1 Å². The molecule has 6 nitrogen and oxygen atoms in total. The van der Waals surface area contributed by atoms with E-state index in [1.54, 1.807) is 14.2 Å². The molecule has 0 bridgehead atoms. The number of thiazole rings is 1. The van der Waals surface area contributed by atoms with Crippen LogP contribution in [0.4, 0.5) is 0 Å². The lowest BCUT2D eigenvalue weighted by Gasteiger charge is -2.36. The molecule has 1 atom stereocenters. The summed E-state index contributed by atoms with van der Waals surface area (Å²) in [5, 5.41) is 3.59. The number of aromatic amines is 1. The lowest BCUT2D eigenvalue weighted by Crippen LogP contribution is -2.40. The largest absolute Gasteiger partial charge is 0.493 e. The molecule has 40 heavy (non-hydrogen) atoms. The Hall–Kier alpha value is -1.77. The van der Waals surface area contributed by atoms with Gasteiger partial charge in [-0.15, -0.1) is 24.8 Å². The standard InChI is InChI=1S/C31H45N3O3S.2ClH/c1-4-19-34(25-12-13-26-24(22-25)11-15-28(36-2)30(26)37-3)20-9-7-5-6-8-17-32-18-16-23-10-14-27-29(21-23)38-31(35)33-27;;/h10-11,14-15,21,25,32H,4-9,12-13,16-20,22H2,1-3H3,(H,33,35);2*1H. The summed E-state index contributed by atoms with van der Waals surface area (Å²) in [6, 6.07) is 11.2. The maximum atomic E-state index is 11.5. The normalized spacial score (nSPS) is 14.4. The summed E-state index contributed by atoms with van der Waals surface area (Å²) in [4.78, 5) is 17.1. The van der Waals surface area contributed by atoms with Crippen LogP contribution in [0.1, 0.15) is 68.6 Å². The number of halogens is 2. The van der Waals surface area contributed by atoms with Gasteiger partial charge in [-0.1, -0.05) is 49.7 Å². The van der Waals surface area contributed by atoms with Crippen LogP contribution in [0, 0.1) is 0 Å². The van der Waals surface area contributed by atoms with Gasteiger partial charge in [-0.2, -0.15) is 0 Å². The van der Waals surface area contributed by atoms with Crippen LogP contribution in [0.3, 0.4) is 0 Å². The summed E-state index contributed by atoms with van der Waals surface area (Å²) >= 11 is 1.29. The van der Waals surface area contributed by atoms with E-state index < -0.39 is 0 Å². The number of fused-ring (bicyclic) bond motifs is 2. The molecule has 3 aromatic rings. The molecule has 1 aliphatic carbocycles. The average molecular weight is 613 g/mol. The predicted octanol–water partition coefficient (Wildman–Crippen LogP) is 6.80. The van der Waals surface area contributed by atoms with Crippen LogP contribution < -0.4 is 19.7 Å². The molecule has 2 N–H and O–H groups in total. The van der Waals surface area contributed by atoms with E-state index in [0.29, 0.717) is 6.04 Å². The van der Waals surface area contributed by atoms with Gasteiger partial charge in [-0.25, -0.2) is 0 Å². The Morgan fingerprint density at radius 3 is 2.58 bits per heavy atom. The van der Waals surface area contributed by atoms with Crippen LogP contribution in [0.25, 0.3) is 10.2 Å². The van der Waals surface area contributed by atoms with Gasteiger partial charge in [0.05, 0.1) is 24.4 Å². The summed E-state index contributed by atoms with van der Waals surface area (Å²) in [5.41, 5.74) is 5.00. The second-order valence-electron chi connectivity index (χ2n) is 10.5. The Morgan fingerprint density at radius 1 is 1.00 bits per heavy atom.